The van der Waals surface area contributed by atoms with Crippen molar-refractivity contribution in [2.75, 3.05) is 19.0 Å². The Kier molecular flexibility index (Phi) is 5.05. The van der Waals surface area contributed by atoms with E-state index in [1.54, 1.807) is 14.2 Å². The number of carbonyl (C=O) groups excluding carboxylic acids is 1. The minimum absolute atomic E-state index is 0.108. The number of methoxy groups -OCH3 is 1. The number of hydrogen-bond donors (Lipinski definition) is 2. The Bertz CT molecular complexity index is 416. The third kappa shape index (κ3) is 3.79. The Morgan fingerprint density at radius 1 is 1.71 bits per heavy atom. The Hall–Kier alpha value is -1.47. The molecule has 0 aromatic carbocycles. The maximum atomic E-state index is 11.6. The van der Waals surface area contributed by atoms with E-state index < -0.39 is 0 Å². The summed E-state index contributed by atoms with van der Waals surface area (Å²) < 4.78 is 6.41. The normalized spacial score (nSPS) is 10.2. The molecule has 1 aromatic heterocycles. The van der Waals surface area contributed by atoms with Gasteiger partial charge in [0.15, 0.2) is 0 Å². The lowest BCUT2D eigenvalue weighted by Crippen LogP contribution is -2.18. The van der Waals surface area contributed by atoms with E-state index in [1.165, 1.54) is 10.9 Å². The summed E-state index contributed by atoms with van der Waals surface area (Å²) in [4.78, 5) is 11.8. The highest BCUT2D eigenvalue weighted by Gasteiger charge is 2.13. The number of hydrogen-bond acceptors (Lipinski definition) is 4. The van der Waals surface area contributed by atoms with Crippen LogP contribution in [-0.2, 0) is 16.6 Å². The molecular weight excluding hydrogens is 240 g/mol. The monoisotopic (exact) mass is 256 g/mol. The second-order valence-corrected chi connectivity index (χ2v) is 3.98. The molecule has 17 heavy (non-hydrogen) atoms. The number of nitrogens with two attached hydrogens (primary N) is 1. The average molecular weight is 256 g/mol. The summed E-state index contributed by atoms with van der Waals surface area (Å²) in [6, 6.07) is 0. The van der Waals surface area contributed by atoms with Crippen LogP contribution in [0.4, 0.5) is 5.82 Å². The lowest BCUT2D eigenvalue weighted by Gasteiger charge is -2.07. The van der Waals surface area contributed by atoms with Gasteiger partial charge in [-0.1, -0.05) is 12.2 Å². The van der Waals surface area contributed by atoms with E-state index in [0.717, 1.165) is 0 Å². The number of rotatable bonds is 6. The predicted molar refractivity (Wildman–Crippen MR) is 68.8 cm³/mol. The van der Waals surface area contributed by atoms with E-state index in [0.29, 0.717) is 30.8 Å². The molecule has 1 amide bonds. The van der Waals surface area contributed by atoms with Crippen LogP contribution in [0.1, 0.15) is 18.4 Å². The molecule has 0 aliphatic rings. The maximum Gasteiger partial charge on any atom is 0.225 e. The molecule has 7 heteroatoms. The first-order chi connectivity index (χ1) is 8.06. The lowest BCUT2D eigenvalue weighted by molar-refractivity contribution is -0.116. The molecule has 0 aliphatic heterocycles. The number of nitrogens with one attached hydrogen (secondary N) is 1. The van der Waals surface area contributed by atoms with Crippen molar-refractivity contribution in [1.82, 2.24) is 9.78 Å². The zero-order valence-corrected chi connectivity index (χ0v) is 10.7. The zero-order chi connectivity index (χ0) is 12.8. The molecule has 0 radical (unpaired) electrons. The molecule has 6 nitrogen and oxygen atoms in total. The molecule has 1 rings (SSSR count). The van der Waals surface area contributed by atoms with E-state index in [9.17, 15) is 4.79 Å². The zero-order valence-electron chi connectivity index (χ0n) is 9.90. The van der Waals surface area contributed by atoms with Gasteiger partial charge in [0.1, 0.15) is 10.8 Å². The van der Waals surface area contributed by atoms with Gasteiger partial charge in [-0.2, -0.15) is 5.10 Å². The Labute approximate surface area is 105 Å². The average Bonchev–Trinajstić information content (AvgIpc) is 2.61. The first-order valence-corrected chi connectivity index (χ1v) is 5.57. The highest BCUT2D eigenvalue weighted by molar-refractivity contribution is 7.80. The second-order valence-electron chi connectivity index (χ2n) is 3.54. The molecule has 0 saturated carbocycles. The summed E-state index contributed by atoms with van der Waals surface area (Å²) in [6.45, 7) is 0.557. The topological polar surface area (TPSA) is 82.2 Å². The van der Waals surface area contributed by atoms with Crippen molar-refractivity contribution >= 4 is 28.9 Å². The maximum absolute atomic E-state index is 11.6. The molecule has 3 N–H and O–H groups in total. The molecular formula is C10H16N4O2S. The number of carbonyl (C=O) groups is 1. The van der Waals surface area contributed by atoms with Crippen molar-refractivity contribution in [3.05, 3.63) is 11.8 Å². The first-order valence-electron chi connectivity index (χ1n) is 5.17. The Morgan fingerprint density at radius 2 is 2.41 bits per heavy atom. The molecule has 0 bridgehead atoms. The van der Waals surface area contributed by atoms with Crippen molar-refractivity contribution in [3.63, 3.8) is 0 Å². The van der Waals surface area contributed by atoms with Gasteiger partial charge in [0.05, 0.1) is 11.8 Å². The van der Waals surface area contributed by atoms with E-state index in [2.05, 4.69) is 10.4 Å². The van der Waals surface area contributed by atoms with Crippen molar-refractivity contribution in [2.24, 2.45) is 12.8 Å². The first kappa shape index (κ1) is 13.6. The lowest BCUT2D eigenvalue weighted by atomic mass is 10.3. The standard InChI is InChI=1S/C10H16N4O2S/c1-14-10(7(6-12-14)9(11)17)13-8(15)4-3-5-16-2/h6H,3-5H2,1-2H3,(H2,11,17)(H,13,15). The fourth-order valence-electron chi connectivity index (χ4n) is 1.34. The quantitative estimate of drug-likeness (QED) is 0.569. The SMILES string of the molecule is COCCCC(=O)Nc1c(C(N)=S)cnn1C. The Morgan fingerprint density at radius 3 is 3.00 bits per heavy atom. The van der Waals surface area contributed by atoms with Crippen LogP contribution < -0.4 is 11.1 Å². The molecule has 0 saturated heterocycles. The summed E-state index contributed by atoms with van der Waals surface area (Å²) in [7, 11) is 3.32. The second kappa shape index (κ2) is 6.31. The molecule has 0 unspecified atom stereocenters. The summed E-state index contributed by atoms with van der Waals surface area (Å²) >= 11 is 4.88. The molecule has 0 spiro atoms. The van der Waals surface area contributed by atoms with Crippen molar-refractivity contribution in [3.8, 4) is 0 Å². The van der Waals surface area contributed by atoms with Crippen LogP contribution in [0.15, 0.2) is 6.20 Å². The molecule has 0 fully saturated rings. The summed E-state index contributed by atoms with van der Waals surface area (Å²) in [5.74, 6) is 0.420. The van der Waals surface area contributed by atoms with Crippen molar-refractivity contribution in [1.29, 1.82) is 0 Å². The van der Waals surface area contributed by atoms with Crippen LogP contribution in [-0.4, -0.2) is 34.4 Å². The van der Waals surface area contributed by atoms with Crippen LogP contribution in [0.25, 0.3) is 0 Å². The number of amides is 1. The molecule has 94 valence electrons. The van der Waals surface area contributed by atoms with Crippen molar-refractivity contribution in [2.45, 2.75) is 12.8 Å². The van der Waals surface area contributed by atoms with Gasteiger partial charge < -0.3 is 15.8 Å². The minimum atomic E-state index is -0.108. The fourth-order valence-corrected chi connectivity index (χ4v) is 1.49. The van der Waals surface area contributed by atoms with Gasteiger partial charge in [-0.25, -0.2) is 0 Å². The van der Waals surface area contributed by atoms with Crippen LogP contribution in [0.2, 0.25) is 0 Å². The van der Waals surface area contributed by atoms with Gasteiger partial charge in [0.25, 0.3) is 0 Å². The predicted octanol–water partition coefficient (Wildman–Crippen LogP) is 0.419. The van der Waals surface area contributed by atoms with E-state index in [-0.39, 0.29) is 10.9 Å². The molecule has 0 atom stereocenters. The highest BCUT2D eigenvalue weighted by atomic mass is 32.1. The minimum Gasteiger partial charge on any atom is -0.389 e. The van der Waals surface area contributed by atoms with Gasteiger partial charge in [0, 0.05) is 27.2 Å². The van der Waals surface area contributed by atoms with E-state index >= 15 is 0 Å². The number of thiocarbonyl (C=S) groups is 1. The molecule has 1 heterocycles. The van der Waals surface area contributed by atoms with E-state index in [1.807, 2.05) is 0 Å². The third-order valence-corrected chi connectivity index (χ3v) is 2.43. The van der Waals surface area contributed by atoms with Crippen molar-refractivity contribution < 1.29 is 9.53 Å². The number of aryl methyl sites for hydroxylation is 1. The van der Waals surface area contributed by atoms with Gasteiger partial charge in [-0.3, -0.25) is 9.48 Å². The van der Waals surface area contributed by atoms with Gasteiger partial charge >= 0.3 is 0 Å². The molecule has 0 aliphatic carbocycles. The highest BCUT2D eigenvalue weighted by Crippen LogP contribution is 2.14. The van der Waals surface area contributed by atoms with Gasteiger partial charge in [-0.15, -0.1) is 0 Å². The Balaban J connectivity index is 2.64. The largest absolute Gasteiger partial charge is 0.389 e. The number of ether oxygens (including phenoxy) is 1. The van der Waals surface area contributed by atoms with Gasteiger partial charge in [-0.05, 0) is 6.42 Å². The summed E-state index contributed by atoms with van der Waals surface area (Å²) in [5, 5.41) is 6.73. The number of nitrogens with zero attached hydrogens (tertiary/aromatic N) is 2. The van der Waals surface area contributed by atoms with Crippen LogP contribution in [0, 0.1) is 0 Å². The van der Waals surface area contributed by atoms with Crippen LogP contribution >= 0.6 is 12.2 Å². The van der Waals surface area contributed by atoms with E-state index in [4.69, 9.17) is 22.7 Å². The molecule has 1 aromatic rings. The third-order valence-electron chi connectivity index (χ3n) is 2.21. The fraction of sp³-hybridized carbons (Fsp3) is 0.500. The summed E-state index contributed by atoms with van der Waals surface area (Å²) in [6.07, 6.45) is 2.59. The van der Waals surface area contributed by atoms with Crippen LogP contribution in [0.5, 0.6) is 0 Å². The smallest absolute Gasteiger partial charge is 0.225 e. The van der Waals surface area contributed by atoms with Crippen LogP contribution in [0.3, 0.4) is 0 Å². The van der Waals surface area contributed by atoms with Gasteiger partial charge in [0.2, 0.25) is 5.91 Å². The summed E-state index contributed by atoms with van der Waals surface area (Å²) in [5.41, 5.74) is 6.10. The number of anilines is 1. The number of aromatic nitrogens is 2.